The molecular weight excluding hydrogens is 254 g/mol. The Morgan fingerprint density at radius 2 is 1.95 bits per heavy atom. The lowest BCUT2D eigenvalue weighted by molar-refractivity contribution is 0.0806. The van der Waals surface area contributed by atoms with Crippen molar-refractivity contribution in [1.82, 2.24) is 9.55 Å². The first-order chi connectivity index (χ1) is 9.60. The topological polar surface area (TPSA) is 61.5 Å². The van der Waals surface area contributed by atoms with E-state index in [9.17, 15) is 5.11 Å². The van der Waals surface area contributed by atoms with Crippen molar-refractivity contribution in [2.75, 3.05) is 25.6 Å². The minimum atomic E-state index is -0.751. The van der Waals surface area contributed by atoms with Crippen LogP contribution in [0.25, 0.3) is 0 Å². The van der Waals surface area contributed by atoms with E-state index in [0.29, 0.717) is 13.0 Å². The fourth-order valence-electron chi connectivity index (χ4n) is 2.05. The van der Waals surface area contributed by atoms with E-state index in [1.807, 2.05) is 24.9 Å². The number of anilines is 1. The third kappa shape index (κ3) is 3.59. The second-order valence-corrected chi connectivity index (χ2v) is 5.07. The van der Waals surface area contributed by atoms with E-state index in [0.717, 1.165) is 11.5 Å². The molecule has 0 saturated carbocycles. The Bertz CT molecular complexity index is 534. The smallest absolute Gasteiger partial charge is 0.113 e. The van der Waals surface area contributed by atoms with Gasteiger partial charge in [0.1, 0.15) is 5.82 Å². The van der Waals surface area contributed by atoms with Crippen molar-refractivity contribution in [2.24, 2.45) is 0 Å². The highest BCUT2D eigenvalue weighted by Gasteiger charge is 2.08. The Balaban J connectivity index is 2.08. The first-order valence-electron chi connectivity index (χ1n) is 6.65. The summed E-state index contributed by atoms with van der Waals surface area (Å²) in [4.78, 5) is 6.37. The fraction of sp³-hybridized carbons (Fsp3) is 0.400. The monoisotopic (exact) mass is 275 g/mol. The number of aliphatic hydroxyl groups is 2. The Labute approximate surface area is 119 Å². The number of nitrogens with zero attached hydrogens (tertiary/aromatic N) is 3. The Morgan fingerprint density at radius 1 is 1.25 bits per heavy atom. The van der Waals surface area contributed by atoms with E-state index in [2.05, 4.69) is 34.1 Å². The van der Waals surface area contributed by atoms with Crippen LogP contribution in [0.2, 0.25) is 0 Å². The molecule has 2 aromatic rings. The zero-order chi connectivity index (χ0) is 14.5. The number of imidazole rings is 1. The van der Waals surface area contributed by atoms with Crippen molar-refractivity contribution in [3.8, 4) is 0 Å². The van der Waals surface area contributed by atoms with Crippen LogP contribution < -0.4 is 4.90 Å². The van der Waals surface area contributed by atoms with Crippen LogP contribution in [-0.2, 0) is 13.0 Å². The Morgan fingerprint density at radius 3 is 2.55 bits per heavy atom. The molecule has 0 aliphatic heterocycles. The van der Waals surface area contributed by atoms with Crippen LogP contribution in [-0.4, -0.2) is 46.6 Å². The van der Waals surface area contributed by atoms with Crippen molar-refractivity contribution in [3.05, 3.63) is 48.0 Å². The average molecular weight is 275 g/mol. The lowest BCUT2D eigenvalue weighted by Gasteiger charge is -2.13. The van der Waals surface area contributed by atoms with Crippen LogP contribution in [0, 0.1) is 0 Å². The maximum absolute atomic E-state index is 9.51. The van der Waals surface area contributed by atoms with E-state index in [1.165, 1.54) is 5.56 Å². The zero-order valence-corrected chi connectivity index (χ0v) is 11.9. The number of rotatable bonds is 6. The van der Waals surface area contributed by atoms with E-state index in [1.54, 1.807) is 6.20 Å². The van der Waals surface area contributed by atoms with Crippen LogP contribution >= 0.6 is 0 Å². The molecule has 0 saturated heterocycles. The summed E-state index contributed by atoms with van der Waals surface area (Å²) in [6.45, 7) is 0.122. The molecule has 0 radical (unpaired) electrons. The number of hydrogen-bond donors (Lipinski definition) is 2. The summed E-state index contributed by atoms with van der Waals surface area (Å²) in [6, 6.07) is 8.31. The van der Waals surface area contributed by atoms with Gasteiger partial charge in [-0.25, -0.2) is 4.98 Å². The number of aliphatic hydroxyl groups excluding tert-OH is 2. The van der Waals surface area contributed by atoms with Gasteiger partial charge in [0.05, 0.1) is 19.3 Å². The fourth-order valence-corrected chi connectivity index (χ4v) is 2.05. The van der Waals surface area contributed by atoms with Crippen molar-refractivity contribution >= 4 is 5.69 Å². The third-order valence-electron chi connectivity index (χ3n) is 3.23. The van der Waals surface area contributed by atoms with Crippen molar-refractivity contribution in [1.29, 1.82) is 0 Å². The van der Waals surface area contributed by atoms with Gasteiger partial charge in [0.15, 0.2) is 0 Å². The summed E-state index contributed by atoms with van der Waals surface area (Å²) >= 11 is 0. The van der Waals surface area contributed by atoms with Gasteiger partial charge in [0.2, 0.25) is 0 Å². The molecule has 2 rings (SSSR count). The summed E-state index contributed by atoms with van der Waals surface area (Å²) in [5.74, 6) is 0.884. The largest absolute Gasteiger partial charge is 0.394 e. The molecule has 20 heavy (non-hydrogen) atoms. The highest BCUT2D eigenvalue weighted by atomic mass is 16.3. The molecule has 0 fully saturated rings. The molecule has 108 valence electrons. The van der Waals surface area contributed by atoms with Gasteiger partial charge in [-0.1, -0.05) is 12.1 Å². The highest BCUT2D eigenvalue weighted by Crippen LogP contribution is 2.15. The van der Waals surface area contributed by atoms with E-state index in [4.69, 9.17) is 5.11 Å². The van der Waals surface area contributed by atoms with Gasteiger partial charge in [-0.3, -0.25) is 0 Å². The predicted molar refractivity (Wildman–Crippen MR) is 78.9 cm³/mol. The molecule has 1 atom stereocenters. The van der Waals surface area contributed by atoms with E-state index < -0.39 is 6.10 Å². The SMILES string of the molecule is CN(C)c1ccc(Cc2nccn2CC(O)CO)cc1. The molecule has 5 heteroatoms. The molecule has 1 unspecified atom stereocenters. The second kappa shape index (κ2) is 6.54. The van der Waals surface area contributed by atoms with Crippen LogP contribution in [0.3, 0.4) is 0 Å². The third-order valence-corrected chi connectivity index (χ3v) is 3.23. The van der Waals surface area contributed by atoms with Gasteiger partial charge in [-0.15, -0.1) is 0 Å². The molecule has 0 aliphatic carbocycles. The van der Waals surface area contributed by atoms with Crippen LogP contribution in [0.5, 0.6) is 0 Å². The minimum Gasteiger partial charge on any atom is -0.394 e. The molecule has 5 nitrogen and oxygen atoms in total. The van der Waals surface area contributed by atoms with Crippen molar-refractivity contribution in [3.63, 3.8) is 0 Å². The van der Waals surface area contributed by atoms with Gasteiger partial charge >= 0.3 is 0 Å². The summed E-state index contributed by atoms with van der Waals surface area (Å²) in [7, 11) is 4.02. The second-order valence-electron chi connectivity index (χ2n) is 5.07. The number of hydrogen-bond acceptors (Lipinski definition) is 4. The van der Waals surface area contributed by atoms with Crippen LogP contribution in [0.15, 0.2) is 36.7 Å². The number of aromatic nitrogens is 2. The first kappa shape index (κ1) is 14.6. The average Bonchev–Trinajstić information content (AvgIpc) is 2.86. The standard InChI is InChI=1S/C15H21N3O2/c1-17(2)13-5-3-12(4-6-13)9-15-16-7-8-18(15)10-14(20)11-19/h3-8,14,19-20H,9-11H2,1-2H3. The molecule has 1 aromatic carbocycles. The molecule has 0 spiro atoms. The van der Waals surface area contributed by atoms with Gasteiger partial charge < -0.3 is 19.7 Å². The minimum absolute atomic E-state index is 0.241. The van der Waals surface area contributed by atoms with Gasteiger partial charge in [-0.2, -0.15) is 0 Å². The maximum Gasteiger partial charge on any atom is 0.113 e. The molecule has 1 aromatic heterocycles. The quantitative estimate of drug-likeness (QED) is 0.822. The van der Waals surface area contributed by atoms with E-state index in [-0.39, 0.29) is 6.61 Å². The molecule has 0 amide bonds. The highest BCUT2D eigenvalue weighted by molar-refractivity contribution is 5.46. The van der Waals surface area contributed by atoms with Crippen molar-refractivity contribution < 1.29 is 10.2 Å². The Hall–Kier alpha value is -1.85. The number of benzene rings is 1. The molecule has 0 bridgehead atoms. The van der Waals surface area contributed by atoms with E-state index >= 15 is 0 Å². The van der Waals surface area contributed by atoms with Gasteiger partial charge in [-0.05, 0) is 17.7 Å². The van der Waals surface area contributed by atoms with Gasteiger partial charge in [0.25, 0.3) is 0 Å². The molecule has 2 N–H and O–H groups in total. The predicted octanol–water partition coefficient (Wildman–Crippen LogP) is 0.893. The van der Waals surface area contributed by atoms with Gasteiger partial charge in [0, 0.05) is 38.6 Å². The lowest BCUT2D eigenvalue weighted by atomic mass is 10.1. The zero-order valence-electron chi connectivity index (χ0n) is 11.9. The maximum atomic E-state index is 9.51. The summed E-state index contributed by atoms with van der Waals surface area (Å²) in [6.07, 6.45) is 3.49. The van der Waals surface area contributed by atoms with Crippen LogP contribution in [0.1, 0.15) is 11.4 Å². The first-order valence-corrected chi connectivity index (χ1v) is 6.65. The van der Waals surface area contributed by atoms with Crippen LogP contribution in [0.4, 0.5) is 5.69 Å². The molecule has 0 aliphatic rings. The Kier molecular flexibility index (Phi) is 4.76. The van der Waals surface area contributed by atoms with Crippen molar-refractivity contribution in [2.45, 2.75) is 19.1 Å². The molecule has 1 heterocycles. The summed E-state index contributed by atoms with van der Waals surface area (Å²) in [5.41, 5.74) is 2.33. The molecular formula is C15H21N3O2. The lowest BCUT2D eigenvalue weighted by Crippen LogP contribution is -2.20. The normalized spacial score (nSPS) is 12.4. The summed E-state index contributed by atoms with van der Waals surface area (Å²) in [5, 5.41) is 18.4. The summed E-state index contributed by atoms with van der Waals surface area (Å²) < 4.78 is 1.88.